The summed E-state index contributed by atoms with van der Waals surface area (Å²) in [5.74, 6) is 1.49. The number of anilines is 1. The topological polar surface area (TPSA) is 60.0 Å². The molecule has 0 saturated carbocycles. The second kappa shape index (κ2) is 7.72. The molecule has 0 aliphatic carbocycles. The first-order valence-electron chi connectivity index (χ1n) is 9.61. The molecule has 0 radical (unpaired) electrons. The minimum absolute atomic E-state index is 0.0584. The molecule has 2 aromatic rings. The molecule has 0 atom stereocenters. The number of hydrogen-bond donors (Lipinski definition) is 1. The number of rotatable bonds is 5. The standard InChI is InChI=1S/C22H26N2O4/c1-24(2)18-6-3-16(4-7-18)21(25)23-14-22(9-11-26-12-10-22)17-5-8-19-20(13-17)28-15-27-19/h3-8,13H,9-12,14-15H2,1-2H3,(H,23,25). The van der Waals surface area contributed by atoms with Gasteiger partial charge in [-0.2, -0.15) is 0 Å². The van der Waals surface area contributed by atoms with Gasteiger partial charge < -0.3 is 24.4 Å². The van der Waals surface area contributed by atoms with Crippen LogP contribution in [0.5, 0.6) is 11.5 Å². The maximum Gasteiger partial charge on any atom is 0.251 e. The zero-order valence-electron chi connectivity index (χ0n) is 16.4. The Kier molecular flexibility index (Phi) is 5.13. The van der Waals surface area contributed by atoms with Crippen molar-refractivity contribution in [2.45, 2.75) is 18.3 Å². The van der Waals surface area contributed by atoms with Gasteiger partial charge in [-0.05, 0) is 54.8 Å². The predicted molar refractivity (Wildman–Crippen MR) is 107 cm³/mol. The molecule has 0 aromatic heterocycles. The summed E-state index contributed by atoms with van der Waals surface area (Å²) < 4.78 is 16.6. The van der Waals surface area contributed by atoms with Crippen LogP contribution in [0.2, 0.25) is 0 Å². The lowest BCUT2D eigenvalue weighted by molar-refractivity contribution is 0.0486. The monoisotopic (exact) mass is 382 g/mol. The molecular formula is C22H26N2O4. The molecular weight excluding hydrogens is 356 g/mol. The van der Waals surface area contributed by atoms with Crippen molar-refractivity contribution in [3.05, 3.63) is 53.6 Å². The molecule has 0 spiro atoms. The number of benzene rings is 2. The molecule has 2 heterocycles. The number of nitrogens with zero attached hydrogens (tertiary/aromatic N) is 1. The van der Waals surface area contributed by atoms with Crippen LogP contribution in [0.1, 0.15) is 28.8 Å². The number of nitrogens with one attached hydrogen (secondary N) is 1. The first-order chi connectivity index (χ1) is 13.6. The largest absolute Gasteiger partial charge is 0.454 e. The fraction of sp³-hybridized carbons (Fsp3) is 0.409. The van der Waals surface area contributed by atoms with Crippen molar-refractivity contribution < 1.29 is 19.0 Å². The fourth-order valence-electron chi connectivity index (χ4n) is 3.82. The van der Waals surface area contributed by atoms with Gasteiger partial charge in [0.2, 0.25) is 6.79 Å². The summed E-state index contributed by atoms with van der Waals surface area (Å²) in [5, 5.41) is 3.14. The molecule has 6 nitrogen and oxygen atoms in total. The molecule has 148 valence electrons. The average molecular weight is 382 g/mol. The quantitative estimate of drug-likeness (QED) is 0.862. The van der Waals surface area contributed by atoms with E-state index in [0.717, 1.165) is 35.6 Å². The summed E-state index contributed by atoms with van der Waals surface area (Å²) in [5.41, 5.74) is 2.72. The fourth-order valence-corrected chi connectivity index (χ4v) is 3.82. The van der Waals surface area contributed by atoms with E-state index in [-0.39, 0.29) is 18.1 Å². The summed E-state index contributed by atoms with van der Waals surface area (Å²) in [6, 6.07) is 13.7. The van der Waals surface area contributed by atoms with E-state index < -0.39 is 0 Å². The third-order valence-electron chi connectivity index (χ3n) is 5.67. The van der Waals surface area contributed by atoms with Gasteiger partial charge >= 0.3 is 0 Å². The van der Waals surface area contributed by atoms with E-state index >= 15 is 0 Å². The molecule has 1 N–H and O–H groups in total. The lowest BCUT2D eigenvalue weighted by Crippen LogP contribution is -2.44. The second-order valence-electron chi connectivity index (χ2n) is 7.58. The van der Waals surface area contributed by atoms with E-state index in [9.17, 15) is 4.79 Å². The van der Waals surface area contributed by atoms with Gasteiger partial charge in [0.05, 0.1) is 0 Å². The van der Waals surface area contributed by atoms with Crippen LogP contribution in [-0.4, -0.2) is 46.6 Å². The van der Waals surface area contributed by atoms with Crippen molar-refractivity contribution >= 4 is 11.6 Å². The van der Waals surface area contributed by atoms with Crippen LogP contribution in [0.15, 0.2) is 42.5 Å². The van der Waals surface area contributed by atoms with Crippen molar-refractivity contribution in [3.8, 4) is 11.5 Å². The summed E-state index contributed by atoms with van der Waals surface area (Å²) in [6.07, 6.45) is 1.71. The van der Waals surface area contributed by atoms with Crippen LogP contribution in [0.25, 0.3) is 0 Å². The highest BCUT2D eigenvalue weighted by molar-refractivity contribution is 5.94. The summed E-state index contributed by atoms with van der Waals surface area (Å²) >= 11 is 0. The maximum absolute atomic E-state index is 12.7. The third-order valence-corrected chi connectivity index (χ3v) is 5.67. The molecule has 2 aromatic carbocycles. The Balaban J connectivity index is 1.51. The molecule has 1 amide bonds. The van der Waals surface area contributed by atoms with Gasteiger partial charge in [-0.3, -0.25) is 4.79 Å². The molecule has 28 heavy (non-hydrogen) atoms. The van der Waals surface area contributed by atoms with Gasteiger partial charge in [0.15, 0.2) is 11.5 Å². The number of ether oxygens (including phenoxy) is 3. The summed E-state index contributed by atoms with van der Waals surface area (Å²) in [4.78, 5) is 14.7. The van der Waals surface area contributed by atoms with Crippen LogP contribution < -0.4 is 19.7 Å². The number of carbonyl (C=O) groups is 1. The lowest BCUT2D eigenvalue weighted by Gasteiger charge is -2.38. The molecule has 2 aliphatic rings. The highest BCUT2D eigenvalue weighted by Gasteiger charge is 2.36. The lowest BCUT2D eigenvalue weighted by atomic mass is 9.74. The molecule has 4 rings (SSSR count). The van der Waals surface area contributed by atoms with Gasteiger partial charge in [0.25, 0.3) is 5.91 Å². The first-order valence-corrected chi connectivity index (χ1v) is 9.61. The summed E-state index contributed by atoms with van der Waals surface area (Å²) in [7, 11) is 3.96. The molecule has 0 unspecified atom stereocenters. The highest BCUT2D eigenvalue weighted by Crippen LogP contribution is 2.40. The van der Waals surface area contributed by atoms with Crippen LogP contribution in [-0.2, 0) is 10.2 Å². The minimum atomic E-state index is -0.168. The van der Waals surface area contributed by atoms with Crippen molar-refractivity contribution in [3.63, 3.8) is 0 Å². The van der Waals surface area contributed by atoms with E-state index in [1.807, 2.05) is 55.4 Å². The SMILES string of the molecule is CN(C)c1ccc(C(=O)NCC2(c3ccc4c(c3)OCO4)CCOCC2)cc1. The summed E-state index contributed by atoms with van der Waals surface area (Å²) in [6.45, 7) is 2.18. The smallest absolute Gasteiger partial charge is 0.251 e. The van der Waals surface area contributed by atoms with E-state index in [1.165, 1.54) is 0 Å². The average Bonchev–Trinajstić information content (AvgIpc) is 3.21. The van der Waals surface area contributed by atoms with Gasteiger partial charge in [0, 0.05) is 50.5 Å². The van der Waals surface area contributed by atoms with Crippen LogP contribution in [0.3, 0.4) is 0 Å². The highest BCUT2D eigenvalue weighted by atomic mass is 16.7. The van der Waals surface area contributed by atoms with Gasteiger partial charge in [0.1, 0.15) is 0 Å². The van der Waals surface area contributed by atoms with E-state index in [1.54, 1.807) is 0 Å². The van der Waals surface area contributed by atoms with Gasteiger partial charge in [-0.15, -0.1) is 0 Å². The zero-order valence-corrected chi connectivity index (χ0v) is 16.4. The van der Waals surface area contributed by atoms with Gasteiger partial charge in [-0.25, -0.2) is 0 Å². The van der Waals surface area contributed by atoms with E-state index in [0.29, 0.717) is 25.3 Å². The molecule has 1 saturated heterocycles. The Hall–Kier alpha value is -2.73. The first kappa shape index (κ1) is 18.6. The molecule has 0 bridgehead atoms. The minimum Gasteiger partial charge on any atom is -0.454 e. The number of carbonyl (C=O) groups excluding carboxylic acids is 1. The Labute approximate surface area is 165 Å². The third kappa shape index (κ3) is 3.64. The molecule has 6 heteroatoms. The normalized spacial score (nSPS) is 17.2. The van der Waals surface area contributed by atoms with Crippen molar-refractivity contribution in [2.24, 2.45) is 0 Å². The van der Waals surface area contributed by atoms with Crippen LogP contribution in [0.4, 0.5) is 5.69 Å². The Morgan fingerprint density at radius 2 is 1.75 bits per heavy atom. The Morgan fingerprint density at radius 3 is 2.46 bits per heavy atom. The number of fused-ring (bicyclic) bond motifs is 1. The zero-order chi connectivity index (χ0) is 19.6. The number of hydrogen-bond acceptors (Lipinski definition) is 5. The number of amides is 1. The predicted octanol–water partition coefficient (Wildman–Crippen LogP) is 2.96. The Morgan fingerprint density at radius 1 is 1.04 bits per heavy atom. The Bertz CT molecular complexity index is 842. The van der Waals surface area contributed by atoms with Crippen molar-refractivity contribution in [1.29, 1.82) is 0 Å². The second-order valence-corrected chi connectivity index (χ2v) is 7.58. The van der Waals surface area contributed by atoms with Crippen molar-refractivity contribution in [2.75, 3.05) is 45.5 Å². The maximum atomic E-state index is 12.7. The van der Waals surface area contributed by atoms with Gasteiger partial charge in [-0.1, -0.05) is 6.07 Å². The van der Waals surface area contributed by atoms with Crippen LogP contribution in [0, 0.1) is 0 Å². The van der Waals surface area contributed by atoms with Crippen molar-refractivity contribution in [1.82, 2.24) is 5.32 Å². The van der Waals surface area contributed by atoms with E-state index in [4.69, 9.17) is 14.2 Å². The van der Waals surface area contributed by atoms with E-state index in [2.05, 4.69) is 11.4 Å². The molecule has 1 fully saturated rings. The molecule has 2 aliphatic heterocycles. The van der Waals surface area contributed by atoms with Crippen LogP contribution >= 0.6 is 0 Å².